The van der Waals surface area contributed by atoms with Gasteiger partial charge in [-0.3, -0.25) is 23.9 Å². The number of aromatic amines is 1. The van der Waals surface area contributed by atoms with E-state index in [2.05, 4.69) is 0 Å². The molecule has 1 aromatic heterocycles. The van der Waals surface area contributed by atoms with Gasteiger partial charge in [0.25, 0.3) is 5.56 Å². The predicted molar refractivity (Wildman–Crippen MR) is 78.2 cm³/mol. The summed E-state index contributed by atoms with van der Waals surface area (Å²) in [5.74, 6) is -3.14. The number of hydrogen-bond donors (Lipinski definition) is 1. The van der Waals surface area contributed by atoms with E-state index in [9.17, 15) is 28.0 Å². The van der Waals surface area contributed by atoms with Gasteiger partial charge < -0.3 is 18.9 Å². The van der Waals surface area contributed by atoms with E-state index >= 15 is 0 Å². The summed E-state index contributed by atoms with van der Waals surface area (Å²) >= 11 is 0. The van der Waals surface area contributed by atoms with Gasteiger partial charge in [-0.2, -0.15) is 4.39 Å². The van der Waals surface area contributed by atoms with Gasteiger partial charge >= 0.3 is 17.6 Å². The smallest absolute Gasteiger partial charge is 0.330 e. The second-order valence-corrected chi connectivity index (χ2v) is 5.37. The highest BCUT2D eigenvalue weighted by Crippen LogP contribution is 2.33. The van der Waals surface area contributed by atoms with Crippen molar-refractivity contribution in [3.63, 3.8) is 0 Å². The van der Waals surface area contributed by atoms with Crippen LogP contribution >= 0.6 is 0 Å². The average molecular weight is 378 g/mol. The number of nitrogens with one attached hydrogen (secondary N) is 1. The molecular formula is C14H16F2N2O8. The quantitative estimate of drug-likeness (QED) is 0.687. The zero-order valence-electron chi connectivity index (χ0n) is 13.9. The average Bonchev–Trinajstić information content (AvgIpc) is 2.54. The number of halogens is 2. The lowest BCUT2D eigenvalue weighted by Gasteiger charge is -2.41. The first-order valence-corrected chi connectivity index (χ1v) is 7.33. The number of hydrogen-bond acceptors (Lipinski definition) is 8. The molecule has 10 nitrogen and oxygen atoms in total. The summed E-state index contributed by atoms with van der Waals surface area (Å²) in [5.41, 5.74) is -2.40. The normalized spacial score (nSPS) is 28.4. The number of nitrogens with zero attached hydrogens (tertiary/aromatic N) is 1. The molecule has 0 amide bonds. The Balaban J connectivity index is 2.57. The Kier molecular flexibility index (Phi) is 5.87. The van der Waals surface area contributed by atoms with Crippen molar-refractivity contribution < 1.29 is 37.3 Å². The summed E-state index contributed by atoms with van der Waals surface area (Å²) in [4.78, 5) is 47.6. The number of methoxy groups -OCH3 is 1. The SMILES string of the molecule is CO[C@@H]1OC(n2cc(F)c(=O)[nH]c2=O)[C@H](OC(C)=O)[C@@H](OC(C)=O)[C@H]1F. The third kappa shape index (κ3) is 3.96. The number of rotatable bonds is 4. The Morgan fingerprint density at radius 3 is 2.31 bits per heavy atom. The zero-order chi connectivity index (χ0) is 19.6. The summed E-state index contributed by atoms with van der Waals surface area (Å²) in [6, 6.07) is 0. The van der Waals surface area contributed by atoms with Crippen LogP contribution in [0.4, 0.5) is 8.78 Å². The van der Waals surface area contributed by atoms with Crippen LogP contribution in [0.3, 0.4) is 0 Å². The van der Waals surface area contributed by atoms with Crippen LogP contribution in [0.15, 0.2) is 15.8 Å². The second-order valence-electron chi connectivity index (χ2n) is 5.37. The van der Waals surface area contributed by atoms with Crippen molar-refractivity contribution in [1.29, 1.82) is 0 Å². The first-order valence-electron chi connectivity index (χ1n) is 7.33. The monoisotopic (exact) mass is 378 g/mol. The van der Waals surface area contributed by atoms with Gasteiger partial charge in [0.1, 0.15) is 0 Å². The van der Waals surface area contributed by atoms with Gasteiger partial charge in [0.2, 0.25) is 5.82 Å². The molecular weight excluding hydrogens is 362 g/mol. The van der Waals surface area contributed by atoms with Crippen molar-refractivity contribution >= 4 is 11.9 Å². The van der Waals surface area contributed by atoms with Crippen LogP contribution in [-0.4, -0.2) is 53.3 Å². The fourth-order valence-corrected chi connectivity index (χ4v) is 2.49. The maximum atomic E-state index is 14.6. The van der Waals surface area contributed by atoms with E-state index in [4.69, 9.17) is 18.9 Å². The Morgan fingerprint density at radius 2 is 1.77 bits per heavy atom. The lowest BCUT2D eigenvalue weighted by molar-refractivity contribution is -0.300. The van der Waals surface area contributed by atoms with E-state index in [1.165, 1.54) is 0 Å². The van der Waals surface area contributed by atoms with Gasteiger partial charge in [-0.1, -0.05) is 0 Å². The zero-order valence-corrected chi connectivity index (χ0v) is 13.9. The van der Waals surface area contributed by atoms with Gasteiger partial charge in [0.05, 0.1) is 6.20 Å². The maximum Gasteiger partial charge on any atom is 0.330 e. The molecule has 0 aromatic carbocycles. The van der Waals surface area contributed by atoms with Crippen LogP contribution in [0.2, 0.25) is 0 Å². The summed E-state index contributed by atoms with van der Waals surface area (Å²) in [6.45, 7) is 1.99. The largest absolute Gasteiger partial charge is 0.455 e. The Hall–Kier alpha value is -2.60. The molecule has 144 valence electrons. The molecule has 12 heteroatoms. The van der Waals surface area contributed by atoms with E-state index in [0.717, 1.165) is 21.0 Å². The molecule has 0 aliphatic carbocycles. The molecule has 1 N–H and O–H groups in total. The molecule has 2 heterocycles. The highest BCUT2D eigenvalue weighted by Gasteiger charge is 2.52. The highest BCUT2D eigenvalue weighted by atomic mass is 19.1. The molecule has 2 rings (SSSR count). The number of H-pyrrole nitrogens is 1. The molecule has 1 fully saturated rings. The minimum Gasteiger partial charge on any atom is -0.455 e. The fourth-order valence-electron chi connectivity index (χ4n) is 2.49. The molecule has 26 heavy (non-hydrogen) atoms. The van der Waals surface area contributed by atoms with E-state index in [1.807, 2.05) is 0 Å². The Labute approximate surface area is 144 Å². The fraction of sp³-hybridized carbons (Fsp3) is 0.571. The minimum atomic E-state index is -2.08. The molecule has 1 saturated heterocycles. The second kappa shape index (κ2) is 7.74. The summed E-state index contributed by atoms with van der Waals surface area (Å²) in [7, 11) is 1.08. The molecule has 1 unspecified atom stereocenters. The summed E-state index contributed by atoms with van der Waals surface area (Å²) in [6.07, 6.45) is -8.20. The minimum absolute atomic E-state index is 0.498. The van der Waals surface area contributed by atoms with Crippen LogP contribution < -0.4 is 11.2 Å². The van der Waals surface area contributed by atoms with E-state index in [1.54, 1.807) is 4.98 Å². The van der Waals surface area contributed by atoms with Crippen LogP contribution in [0.25, 0.3) is 0 Å². The number of ether oxygens (including phenoxy) is 4. The molecule has 0 bridgehead atoms. The molecule has 0 radical (unpaired) electrons. The number of esters is 2. The number of carbonyl (C=O) groups is 2. The highest BCUT2D eigenvalue weighted by molar-refractivity contribution is 5.67. The van der Waals surface area contributed by atoms with Gasteiger partial charge in [-0.15, -0.1) is 0 Å². The molecule has 0 saturated carbocycles. The Morgan fingerprint density at radius 1 is 1.19 bits per heavy atom. The lowest BCUT2D eigenvalue weighted by atomic mass is 10.0. The number of carbonyl (C=O) groups excluding carboxylic acids is 2. The summed E-state index contributed by atoms with van der Waals surface area (Å²) in [5, 5.41) is 0. The number of aromatic nitrogens is 2. The molecule has 1 aromatic rings. The van der Waals surface area contributed by atoms with Crippen molar-refractivity contribution in [3.8, 4) is 0 Å². The van der Waals surface area contributed by atoms with Crippen LogP contribution in [-0.2, 0) is 28.5 Å². The maximum absolute atomic E-state index is 14.6. The number of alkyl halides is 1. The van der Waals surface area contributed by atoms with Crippen molar-refractivity contribution in [2.45, 2.75) is 44.7 Å². The third-order valence-electron chi connectivity index (χ3n) is 3.49. The molecule has 1 aliphatic heterocycles. The van der Waals surface area contributed by atoms with Crippen molar-refractivity contribution in [2.24, 2.45) is 0 Å². The van der Waals surface area contributed by atoms with Crippen LogP contribution in [0.1, 0.15) is 20.1 Å². The van der Waals surface area contributed by atoms with Crippen molar-refractivity contribution in [1.82, 2.24) is 9.55 Å². The molecule has 1 aliphatic rings. The first kappa shape index (κ1) is 19.7. The van der Waals surface area contributed by atoms with Crippen molar-refractivity contribution in [3.05, 3.63) is 32.9 Å². The van der Waals surface area contributed by atoms with E-state index in [0.29, 0.717) is 10.8 Å². The first-order chi connectivity index (χ1) is 12.1. The van der Waals surface area contributed by atoms with Gasteiger partial charge in [-0.05, 0) is 0 Å². The van der Waals surface area contributed by atoms with Gasteiger partial charge in [-0.25, -0.2) is 9.18 Å². The van der Waals surface area contributed by atoms with Crippen LogP contribution in [0, 0.1) is 5.82 Å². The molecule has 5 atom stereocenters. The molecule has 0 spiro atoms. The van der Waals surface area contributed by atoms with E-state index < -0.39 is 59.9 Å². The Bertz CT molecular complexity index is 807. The third-order valence-corrected chi connectivity index (χ3v) is 3.49. The van der Waals surface area contributed by atoms with Crippen LogP contribution in [0.5, 0.6) is 0 Å². The van der Waals surface area contributed by atoms with Gasteiger partial charge in [0, 0.05) is 21.0 Å². The topological polar surface area (TPSA) is 126 Å². The van der Waals surface area contributed by atoms with Crippen molar-refractivity contribution in [2.75, 3.05) is 7.11 Å². The standard InChI is InChI=1S/C14H16F2N2O8/c1-5(19)24-9-8(16)13(23-3)26-12(10(9)25-6(2)20)18-4-7(15)11(21)17-14(18)22/h4,8-10,12-13H,1-3H3,(H,17,21,22)/t8-,9+,10-,12?,13-/m1/s1. The summed E-state index contributed by atoms with van der Waals surface area (Å²) < 4.78 is 48.6. The van der Waals surface area contributed by atoms with E-state index in [-0.39, 0.29) is 0 Å². The van der Waals surface area contributed by atoms with Gasteiger partial charge in [0.15, 0.2) is 30.9 Å². The predicted octanol–water partition coefficient (Wildman–Crippen LogP) is -0.621. The lowest BCUT2D eigenvalue weighted by Crippen LogP contribution is -2.58.